The summed E-state index contributed by atoms with van der Waals surface area (Å²) in [6.45, 7) is 7.14. The fraction of sp³-hybridized carbons (Fsp3) is 0.500. The molecule has 124 valence electrons. The third kappa shape index (κ3) is 4.18. The first-order valence-electron chi connectivity index (χ1n) is 8.51. The van der Waals surface area contributed by atoms with Gasteiger partial charge in [0.05, 0.1) is 5.69 Å². The Balaban J connectivity index is 2.30. The van der Waals surface area contributed by atoms with Gasteiger partial charge in [-0.25, -0.2) is 9.78 Å². The highest BCUT2D eigenvalue weighted by Gasteiger charge is 2.11. The normalized spacial score (nSPS) is 10.7. The molecule has 0 saturated heterocycles. The van der Waals surface area contributed by atoms with E-state index in [1.807, 2.05) is 6.07 Å². The molecule has 0 fully saturated rings. The zero-order valence-corrected chi connectivity index (χ0v) is 14.3. The van der Waals surface area contributed by atoms with Gasteiger partial charge in [0, 0.05) is 6.54 Å². The summed E-state index contributed by atoms with van der Waals surface area (Å²) in [5, 5.41) is 3.12. The van der Waals surface area contributed by atoms with Crippen molar-refractivity contribution in [2.24, 2.45) is 0 Å². The molecular formula is C18H26N4O. The van der Waals surface area contributed by atoms with Gasteiger partial charge in [-0.05, 0) is 30.4 Å². The Labute approximate surface area is 137 Å². The van der Waals surface area contributed by atoms with Crippen molar-refractivity contribution in [1.29, 1.82) is 0 Å². The summed E-state index contributed by atoms with van der Waals surface area (Å²) in [4.78, 5) is 20.8. The Morgan fingerprint density at radius 1 is 1.09 bits per heavy atom. The predicted molar refractivity (Wildman–Crippen MR) is 94.4 cm³/mol. The van der Waals surface area contributed by atoms with E-state index < -0.39 is 0 Å². The zero-order chi connectivity index (χ0) is 16.7. The summed E-state index contributed by atoms with van der Waals surface area (Å²) < 4.78 is 1.56. The molecule has 5 nitrogen and oxygen atoms in total. The van der Waals surface area contributed by atoms with Crippen molar-refractivity contribution < 1.29 is 0 Å². The maximum atomic E-state index is 12.4. The molecule has 5 heteroatoms. The molecule has 0 saturated carbocycles. The number of hydrogen-bond acceptors (Lipinski definition) is 4. The average molecular weight is 314 g/mol. The lowest BCUT2D eigenvalue weighted by Crippen LogP contribution is -2.25. The zero-order valence-electron chi connectivity index (χ0n) is 14.3. The fourth-order valence-electron chi connectivity index (χ4n) is 2.67. The third-order valence-electron chi connectivity index (χ3n) is 3.97. The van der Waals surface area contributed by atoms with Crippen LogP contribution in [-0.4, -0.2) is 21.1 Å². The van der Waals surface area contributed by atoms with E-state index in [0.29, 0.717) is 5.95 Å². The first-order chi connectivity index (χ1) is 11.2. The second-order valence-electron chi connectivity index (χ2n) is 5.60. The maximum Gasteiger partial charge on any atom is 0.356 e. The molecule has 0 radical (unpaired) electrons. The minimum absolute atomic E-state index is 0.284. The molecule has 1 heterocycles. The minimum Gasteiger partial charge on any atom is -0.354 e. The molecule has 0 aliphatic heterocycles. The molecule has 0 aliphatic rings. The van der Waals surface area contributed by atoms with Crippen LogP contribution >= 0.6 is 0 Å². The van der Waals surface area contributed by atoms with Gasteiger partial charge >= 0.3 is 5.69 Å². The van der Waals surface area contributed by atoms with Gasteiger partial charge in [0.15, 0.2) is 0 Å². The van der Waals surface area contributed by atoms with Crippen molar-refractivity contribution in [3.05, 3.63) is 46.1 Å². The number of hydrogen-bond donors (Lipinski definition) is 1. The highest BCUT2D eigenvalue weighted by atomic mass is 16.1. The Morgan fingerprint density at radius 2 is 1.78 bits per heavy atom. The molecule has 1 aromatic carbocycles. The Morgan fingerprint density at radius 3 is 2.35 bits per heavy atom. The van der Waals surface area contributed by atoms with E-state index in [0.717, 1.165) is 55.5 Å². The predicted octanol–water partition coefficient (Wildman–Crippen LogP) is 3.35. The molecule has 2 rings (SSSR count). The molecule has 0 spiro atoms. The van der Waals surface area contributed by atoms with Gasteiger partial charge in [-0.1, -0.05) is 51.8 Å². The number of nitrogens with one attached hydrogen (secondary N) is 1. The van der Waals surface area contributed by atoms with Crippen molar-refractivity contribution >= 4 is 5.95 Å². The second kappa shape index (κ2) is 8.46. The van der Waals surface area contributed by atoms with Gasteiger partial charge in [-0.2, -0.15) is 4.98 Å². The largest absolute Gasteiger partial charge is 0.356 e. The third-order valence-corrected chi connectivity index (χ3v) is 3.97. The molecule has 0 amide bonds. The Hall–Kier alpha value is -2.17. The van der Waals surface area contributed by atoms with Gasteiger partial charge in [0.1, 0.15) is 6.33 Å². The summed E-state index contributed by atoms with van der Waals surface area (Å²) in [7, 11) is 0. The Kier molecular flexibility index (Phi) is 6.32. The van der Waals surface area contributed by atoms with Crippen molar-refractivity contribution in [2.45, 2.75) is 52.9 Å². The van der Waals surface area contributed by atoms with Crippen molar-refractivity contribution in [3.63, 3.8) is 0 Å². The first kappa shape index (κ1) is 17.2. The van der Waals surface area contributed by atoms with Crippen LogP contribution < -0.4 is 11.0 Å². The molecule has 0 unspecified atom stereocenters. The number of para-hydroxylation sites is 1. The molecule has 1 aromatic heterocycles. The molecular weight excluding hydrogens is 288 g/mol. The summed E-state index contributed by atoms with van der Waals surface area (Å²) in [6.07, 6.45) is 6.71. The van der Waals surface area contributed by atoms with E-state index in [1.54, 1.807) is 10.9 Å². The van der Waals surface area contributed by atoms with Crippen LogP contribution in [-0.2, 0) is 12.8 Å². The summed E-state index contributed by atoms with van der Waals surface area (Å²) in [6, 6.07) is 6.15. The van der Waals surface area contributed by atoms with Crippen LogP contribution in [0.25, 0.3) is 5.69 Å². The van der Waals surface area contributed by atoms with Crippen LogP contribution in [0.1, 0.15) is 51.2 Å². The lowest BCUT2D eigenvalue weighted by molar-refractivity contribution is 0.736. The summed E-state index contributed by atoms with van der Waals surface area (Å²) in [5.74, 6) is 0.411. The quantitative estimate of drug-likeness (QED) is 0.759. The van der Waals surface area contributed by atoms with E-state index in [1.165, 1.54) is 0 Å². The lowest BCUT2D eigenvalue weighted by atomic mass is 10.0. The second-order valence-corrected chi connectivity index (χ2v) is 5.60. The van der Waals surface area contributed by atoms with E-state index in [2.05, 4.69) is 48.2 Å². The summed E-state index contributed by atoms with van der Waals surface area (Å²) in [5.41, 5.74) is 2.92. The van der Waals surface area contributed by atoms with E-state index in [9.17, 15) is 4.79 Å². The molecule has 0 atom stereocenters. The number of benzene rings is 1. The van der Waals surface area contributed by atoms with Gasteiger partial charge < -0.3 is 5.32 Å². The van der Waals surface area contributed by atoms with Crippen molar-refractivity contribution in [3.8, 4) is 5.69 Å². The monoisotopic (exact) mass is 314 g/mol. The van der Waals surface area contributed by atoms with Gasteiger partial charge in [-0.3, -0.25) is 4.57 Å². The van der Waals surface area contributed by atoms with Crippen molar-refractivity contribution in [2.75, 3.05) is 11.9 Å². The first-order valence-corrected chi connectivity index (χ1v) is 8.51. The molecule has 2 aromatic rings. The van der Waals surface area contributed by atoms with Gasteiger partial charge in [-0.15, -0.1) is 0 Å². The van der Waals surface area contributed by atoms with Gasteiger partial charge in [0.2, 0.25) is 5.95 Å². The summed E-state index contributed by atoms with van der Waals surface area (Å²) >= 11 is 0. The molecule has 23 heavy (non-hydrogen) atoms. The highest BCUT2D eigenvalue weighted by molar-refractivity contribution is 5.48. The lowest BCUT2D eigenvalue weighted by Gasteiger charge is -2.14. The number of anilines is 1. The number of rotatable bonds is 8. The van der Waals surface area contributed by atoms with Crippen LogP contribution in [0.5, 0.6) is 0 Å². The van der Waals surface area contributed by atoms with Crippen LogP contribution in [0.15, 0.2) is 29.3 Å². The molecule has 0 bridgehead atoms. The smallest absolute Gasteiger partial charge is 0.354 e. The SMILES string of the molecule is CCCCCNc1ncn(-c2c(CC)cccc2CC)c(=O)n1. The molecule has 0 aliphatic carbocycles. The number of unbranched alkanes of at least 4 members (excludes halogenated alkanes) is 2. The highest BCUT2D eigenvalue weighted by Crippen LogP contribution is 2.19. The average Bonchev–Trinajstić information content (AvgIpc) is 2.58. The van der Waals surface area contributed by atoms with Crippen LogP contribution in [0.2, 0.25) is 0 Å². The van der Waals surface area contributed by atoms with E-state index in [-0.39, 0.29) is 5.69 Å². The Bertz CT molecular complexity index is 671. The van der Waals surface area contributed by atoms with Gasteiger partial charge in [0.25, 0.3) is 0 Å². The van der Waals surface area contributed by atoms with Crippen molar-refractivity contribution in [1.82, 2.24) is 14.5 Å². The topological polar surface area (TPSA) is 59.8 Å². The number of aryl methyl sites for hydroxylation is 2. The van der Waals surface area contributed by atoms with Crippen LogP contribution in [0.4, 0.5) is 5.95 Å². The van der Waals surface area contributed by atoms with Crippen LogP contribution in [0.3, 0.4) is 0 Å². The van der Waals surface area contributed by atoms with Crippen LogP contribution in [0, 0.1) is 0 Å². The van der Waals surface area contributed by atoms with E-state index in [4.69, 9.17) is 0 Å². The maximum absolute atomic E-state index is 12.4. The standard InChI is InChI=1S/C18H26N4O/c1-4-7-8-12-19-17-20-13-22(18(23)21-17)16-14(5-2)10-9-11-15(16)6-3/h9-11,13H,4-8,12H2,1-3H3,(H,19,21,23). The fourth-order valence-corrected chi connectivity index (χ4v) is 2.67. The number of nitrogens with zero attached hydrogens (tertiary/aromatic N) is 3. The molecule has 1 N–H and O–H groups in total. The minimum atomic E-state index is -0.284. The van der Waals surface area contributed by atoms with E-state index >= 15 is 0 Å². The number of aromatic nitrogens is 3.